The van der Waals surface area contributed by atoms with E-state index in [0.717, 1.165) is 15.7 Å². The molecular weight excluding hydrogens is 321 g/mol. The van der Waals surface area contributed by atoms with Crippen LogP contribution in [-0.2, 0) is 0 Å². The third-order valence-corrected chi connectivity index (χ3v) is 3.88. The number of rotatable bonds is 1. The van der Waals surface area contributed by atoms with E-state index in [2.05, 4.69) is 56.0 Å². The summed E-state index contributed by atoms with van der Waals surface area (Å²) >= 11 is 3.92. The molecule has 2 heterocycles. The van der Waals surface area contributed by atoms with E-state index >= 15 is 0 Å². The first-order valence-electron chi connectivity index (χ1n) is 4.45. The van der Waals surface area contributed by atoms with E-state index in [0.29, 0.717) is 0 Å². The lowest BCUT2D eigenvalue weighted by atomic mass is 10.2. The molecule has 0 unspecified atom stereocenters. The third kappa shape index (κ3) is 1.74. The van der Waals surface area contributed by atoms with Crippen molar-refractivity contribution in [1.82, 2.24) is 0 Å². The largest absolute Gasteiger partial charge is 0.261 e. The van der Waals surface area contributed by atoms with Gasteiger partial charge in [0.2, 0.25) is 0 Å². The molecule has 3 nitrogen and oxygen atoms in total. The molecule has 0 fully saturated rings. The lowest BCUT2D eigenvalue weighted by Gasteiger charge is -1.99. The van der Waals surface area contributed by atoms with Gasteiger partial charge < -0.3 is 0 Å². The average Bonchev–Trinajstić information content (AvgIpc) is 2.76. The number of nitrogens with zero attached hydrogens (tertiary/aromatic N) is 3. The molecule has 1 aromatic carbocycles. The fourth-order valence-corrected chi connectivity index (χ4v) is 2.93. The topological polar surface area (TPSA) is 37.1 Å². The first kappa shape index (κ1) is 9.53. The van der Waals surface area contributed by atoms with Gasteiger partial charge in [0.25, 0.3) is 0 Å². The number of fused-ring (bicyclic) bond motifs is 1. The second kappa shape index (κ2) is 3.71. The van der Waals surface area contributed by atoms with Crippen molar-refractivity contribution in [3.05, 3.63) is 33.4 Å². The van der Waals surface area contributed by atoms with E-state index in [1.807, 2.05) is 6.07 Å². The van der Waals surface area contributed by atoms with Gasteiger partial charge in [-0.3, -0.25) is 4.99 Å². The van der Waals surface area contributed by atoms with Gasteiger partial charge in [0, 0.05) is 9.13 Å². The highest BCUT2D eigenvalue weighted by Crippen LogP contribution is 2.28. The highest BCUT2D eigenvalue weighted by molar-refractivity contribution is 14.1. The maximum atomic E-state index is 4.56. The molecule has 0 aliphatic carbocycles. The summed E-state index contributed by atoms with van der Waals surface area (Å²) in [7, 11) is 0. The first-order valence-corrected chi connectivity index (χ1v) is 6.35. The molecule has 74 valence electrons. The van der Waals surface area contributed by atoms with Gasteiger partial charge in [0.1, 0.15) is 16.1 Å². The van der Waals surface area contributed by atoms with E-state index in [1.54, 1.807) is 18.0 Å². The van der Waals surface area contributed by atoms with Crippen molar-refractivity contribution in [2.45, 2.75) is 6.04 Å². The van der Waals surface area contributed by atoms with Crippen LogP contribution in [0.4, 0.5) is 0 Å². The predicted octanol–water partition coefficient (Wildman–Crippen LogP) is 2.55. The van der Waals surface area contributed by atoms with Crippen LogP contribution in [0, 0.1) is 3.57 Å². The molecule has 0 N–H and O–H groups in total. The minimum Gasteiger partial charge on any atom is -0.261 e. The summed E-state index contributed by atoms with van der Waals surface area (Å²) in [5.74, 6) is 0. The number of hydrogen-bond acceptors (Lipinski definition) is 4. The SMILES string of the molecule is Ic1cccc(C2=N[C@H]3C=NN=C3S2)c1. The molecule has 0 spiro atoms. The maximum Gasteiger partial charge on any atom is 0.138 e. The zero-order valence-corrected chi connectivity index (χ0v) is 10.6. The Labute approximate surface area is 105 Å². The smallest absolute Gasteiger partial charge is 0.138 e. The van der Waals surface area contributed by atoms with Gasteiger partial charge >= 0.3 is 0 Å². The normalized spacial score (nSPS) is 22.6. The Balaban J connectivity index is 1.97. The zero-order valence-electron chi connectivity index (χ0n) is 7.59. The summed E-state index contributed by atoms with van der Waals surface area (Å²) in [4.78, 5) is 4.56. The number of hydrogen-bond donors (Lipinski definition) is 0. The van der Waals surface area contributed by atoms with Gasteiger partial charge in [-0.15, -0.1) is 5.10 Å². The van der Waals surface area contributed by atoms with Crippen molar-refractivity contribution in [3.63, 3.8) is 0 Å². The van der Waals surface area contributed by atoms with E-state index in [9.17, 15) is 0 Å². The van der Waals surface area contributed by atoms with Gasteiger partial charge in [-0.2, -0.15) is 5.10 Å². The fraction of sp³-hybridized carbons (Fsp3) is 0.100. The Morgan fingerprint density at radius 3 is 3.07 bits per heavy atom. The summed E-state index contributed by atoms with van der Waals surface area (Å²) in [5, 5.41) is 9.91. The van der Waals surface area contributed by atoms with E-state index in [1.165, 1.54) is 3.57 Å². The highest BCUT2D eigenvalue weighted by Gasteiger charge is 2.28. The van der Waals surface area contributed by atoms with Crippen LogP contribution in [-0.4, -0.2) is 22.3 Å². The van der Waals surface area contributed by atoms with E-state index in [4.69, 9.17) is 0 Å². The van der Waals surface area contributed by atoms with Gasteiger partial charge in [-0.05, 0) is 46.5 Å². The van der Waals surface area contributed by atoms with Gasteiger partial charge in [-0.25, -0.2) is 0 Å². The van der Waals surface area contributed by atoms with Crippen LogP contribution < -0.4 is 0 Å². The van der Waals surface area contributed by atoms with Crippen molar-refractivity contribution in [2.24, 2.45) is 15.2 Å². The van der Waals surface area contributed by atoms with Crippen LogP contribution in [0.3, 0.4) is 0 Å². The first-order chi connectivity index (χ1) is 7.33. The Bertz CT molecular complexity index is 507. The van der Waals surface area contributed by atoms with Crippen LogP contribution >= 0.6 is 34.4 Å². The van der Waals surface area contributed by atoms with Crippen molar-refractivity contribution >= 4 is 50.7 Å². The molecule has 0 bridgehead atoms. The number of benzene rings is 1. The second-order valence-electron chi connectivity index (χ2n) is 3.19. The van der Waals surface area contributed by atoms with Gasteiger partial charge in [0.15, 0.2) is 0 Å². The lowest BCUT2D eigenvalue weighted by molar-refractivity contribution is 1.22. The monoisotopic (exact) mass is 327 g/mol. The molecule has 0 saturated heterocycles. The average molecular weight is 327 g/mol. The molecular formula is C10H6IN3S. The van der Waals surface area contributed by atoms with Crippen LogP contribution in [0.5, 0.6) is 0 Å². The molecule has 2 aliphatic rings. The summed E-state index contributed by atoms with van der Waals surface area (Å²) < 4.78 is 1.22. The standard InChI is InChI=1S/C10H6IN3S/c11-7-3-1-2-6(4-7)9-13-8-5-12-14-10(8)15-9/h1-5,8H/t8-/m0/s1. The molecule has 0 saturated carbocycles. The number of thioether (sulfide) groups is 1. The Morgan fingerprint density at radius 2 is 2.27 bits per heavy atom. The molecule has 1 aromatic rings. The minimum absolute atomic E-state index is 0.0721. The van der Waals surface area contributed by atoms with E-state index < -0.39 is 0 Å². The highest BCUT2D eigenvalue weighted by atomic mass is 127. The number of halogens is 1. The molecule has 3 rings (SSSR count). The molecule has 0 amide bonds. The summed E-state index contributed by atoms with van der Waals surface area (Å²) in [6.45, 7) is 0. The third-order valence-electron chi connectivity index (χ3n) is 2.15. The molecule has 0 radical (unpaired) electrons. The zero-order chi connectivity index (χ0) is 10.3. The Kier molecular flexibility index (Phi) is 2.36. The Hall–Kier alpha value is -0.690. The Morgan fingerprint density at radius 1 is 1.33 bits per heavy atom. The van der Waals surface area contributed by atoms with Crippen molar-refractivity contribution in [1.29, 1.82) is 0 Å². The maximum absolute atomic E-state index is 4.56. The molecule has 1 atom stereocenters. The minimum atomic E-state index is 0.0721. The van der Waals surface area contributed by atoms with Crippen molar-refractivity contribution < 1.29 is 0 Å². The van der Waals surface area contributed by atoms with E-state index in [-0.39, 0.29) is 6.04 Å². The lowest BCUT2D eigenvalue weighted by Crippen LogP contribution is -2.06. The summed E-state index contributed by atoms with van der Waals surface area (Å²) in [6.07, 6.45) is 1.78. The van der Waals surface area contributed by atoms with Crippen LogP contribution in [0.15, 0.2) is 39.5 Å². The quantitative estimate of drug-likeness (QED) is 0.731. The second-order valence-corrected chi connectivity index (χ2v) is 5.45. The molecule has 15 heavy (non-hydrogen) atoms. The number of aliphatic imine (C=N–C) groups is 1. The molecule has 0 aromatic heterocycles. The van der Waals surface area contributed by atoms with Crippen molar-refractivity contribution in [3.8, 4) is 0 Å². The predicted molar refractivity (Wildman–Crippen MR) is 73.0 cm³/mol. The van der Waals surface area contributed by atoms with Gasteiger partial charge in [-0.1, -0.05) is 12.1 Å². The fourth-order valence-electron chi connectivity index (χ4n) is 1.45. The van der Waals surface area contributed by atoms with Crippen LogP contribution in [0.2, 0.25) is 0 Å². The van der Waals surface area contributed by atoms with Gasteiger partial charge in [0.05, 0.1) is 6.21 Å². The summed E-state index contributed by atoms with van der Waals surface area (Å²) in [6, 6.07) is 8.40. The molecule has 5 heteroatoms. The van der Waals surface area contributed by atoms with Crippen LogP contribution in [0.25, 0.3) is 0 Å². The summed E-state index contributed by atoms with van der Waals surface area (Å²) in [5.41, 5.74) is 1.16. The van der Waals surface area contributed by atoms with Crippen molar-refractivity contribution in [2.75, 3.05) is 0 Å². The molecule has 2 aliphatic heterocycles. The van der Waals surface area contributed by atoms with Crippen LogP contribution in [0.1, 0.15) is 5.56 Å².